The summed E-state index contributed by atoms with van der Waals surface area (Å²) in [6.45, 7) is 6.16. The van der Waals surface area contributed by atoms with E-state index in [0.717, 1.165) is 34.0 Å². The lowest BCUT2D eigenvalue weighted by molar-refractivity contribution is 0.937. The first kappa shape index (κ1) is 12.7. The Kier molecular flexibility index (Phi) is 2.93. The molecule has 3 aromatic rings. The van der Waals surface area contributed by atoms with Crippen LogP contribution in [0.5, 0.6) is 0 Å². The van der Waals surface area contributed by atoms with Crippen LogP contribution in [0.4, 0.5) is 5.82 Å². The fourth-order valence-corrected chi connectivity index (χ4v) is 2.41. The number of hydrogen-bond acceptors (Lipinski definition) is 3. The number of aromatic nitrogens is 3. The summed E-state index contributed by atoms with van der Waals surface area (Å²) >= 11 is 0. The molecule has 1 aromatic carbocycles. The molecule has 0 aliphatic rings. The SMILES string of the molecule is CNc1cc(C)nc2c(C)c(-c3ccc(C)cc3)nn12. The summed E-state index contributed by atoms with van der Waals surface area (Å²) in [6, 6.07) is 10.4. The number of aryl methyl sites for hydroxylation is 3. The van der Waals surface area contributed by atoms with Crippen LogP contribution in [0, 0.1) is 20.8 Å². The average Bonchev–Trinajstić information content (AvgIpc) is 2.77. The van der Waals surface area contributed by atoms with Gasteiger partial charge >= 0.3 is 0 Å². The van der Waals surface area contributed by atoms with Crippen molar-refractivity contribution in [2.75, 3.05) is 12.4 Å². The molecule has 0 amide bonds. The van der Waals surface area contributed by atoms with Gasteiger partial charge in [-0.05, 0) is 20.8 Å². The minimum Gasteiger partial charge on any atom is -0.373 e. The van der Waals surface area contributed by atoms with Crippen LogP contribution in [0.25, 0.3) is 16.9 Å². The van der Waals surface area contributed by atoms with E-state index in [9.17, 15) is 0 Å². The van der Waals surface area contributed by atoms with Crippen LogP contribution < -0.4 is 5.32 Å². The van der Waals surface area contributed by atoms with Crippen molar-refractivity contribution in [1.82, 2.24) is 14.6 Å². The lowest BCUT2D eigenvalue weighted by Gasteiger charge is -2.04. The van der Waals surface area contributed by atoms with E-state index in [-0.39, 0.29) is 0 Å². The second-order valence-electron chi connectivity index (χ2n) is 5.11. The Morgan fingerprint density at radius 3 is 2.40 bits per heavy atom. The predicted octanol–water partition coefficient (Wildman–Crippen LogP) is 3.36. The molecular weight excluding hydrogens is 248 g/mol. The molecule has 2 aromatic heterocycles. The normalized spacial score (nSPS) is 11.0. The summed E-state index contributed by atoms with van der Waals surface area (Å²) in [4.78, 5) is 4.61. The molecule has 0 aliphatic heterocycles. The molecule has 2 heterocycles. The number of nitrogens with one attached hydrogen (secondary N) is 1. The molecule has 0 saturated heterocycles. The van der Waals surface area contributed by atoms with Gasteiger partial charge < -0.3 is 5.32 Å². The van der Waals surface area contributed by atoms with Crippen LogP contribution in [0.3, 0.4) is 0 Å². The third-order valence-electron chi connectivity index (χ3n) is 3.53. The lowest BCUT2D eigenvalue weighted by atomic mass is 10.1. The Labute approximate surface area is 118 Å². The van der Waals surface area contributed by atoms with Crippen molar-refractivity contribution in [2.24, 2.45) is 0 Å². The van der Waals surface area contributed by atoms with Crippen LogP contribution in [-0.4, -0.2) is 21.6 Å². The first-order valence-corrected chi connectivity index (χ1v) is 6.72. The summed E-state index contributed by atoms with van der Waals surface area (Å²) in [7, 11) is 1.90. The van der Waals surface area contributed by atoms with E-state index in [1.807, 2.05) is 24.6 Å². The fraction of sp³-hybridized carbons (Fsp3) is 0.250. The Morgan fingerprint density at radius 1 is 1.05 bits per heavy atom. The minimum atomic E-state index is 0.907. The molecule has 1 N–H and O–H groups in total. The topological polar surface area (TPSA) is 42.2 Å². The second-order valence-corrected chi connectivity index (χ2v) is 5.11. The van der Waals surface area contributed by atoms with Gasteiger partial charge in [-0.3, -0.25) is 0 Å². The average molecular weight is 266 g/mol. The van der Waals surface area contributed by atoms with Gasteiger partial charge in [-0.15, -0.1) is 0 Å². The third kappa shape index (κ3) is 1.93. The van der Waals surface area contributed by atoms with Gasteiger partial charge in [-0.2, -0.15) is 9.61 Å². The van der Waals surface area contributed by atoms with Gasteiger partial charge in [0.1, 0.15) is 5.82 Å². The highest BCUT2D eigenvalue weighted by atomic mass is 15.3. The summed E-state index contributed by atoms with van der Waals surface area (Å²) < 4.78 is 1.87. The van der Waals surface area contributed by atoms with Gasteiger partial charge in [-0.1, -0.05) is 29.8 Å². The summed E-state index contributed by atoms with van der Waals surface area (Å²) in [5.41, 5.74) is 6.36. The van der Waals surface area contributed by atoms with Crippen LogP contribution in [0.1, 0.15) is 16.8 Å². The number of fused-ring (bicyclic) bond motifs is 1. The Balaban J connectivity index is 2.27. The molecule has 0 fully saturated rings. The second kappa shape index (κ2) is 4.63. The molecule has 0 saturated carbocycles. The molecule has 0 unspecified atom stereocenters. The molecule has 0 radical (unpaired) electrons. The Hall–Kier alpha value is -2.36. The number of rotatable bonds is 2. The van der Waals surface area contributed by atoms with Crippen LogP contribution >= 0.6 is 0 Å². The monoisotopic (exact) mass is 266 g/mol. The molecule has 102 valence electrons. The van der Waals surface area contributed by atoms with Crippen molar-refractivity contribution in [1.29, 1.82) is 0 Å². The molecule has 0 atom stereocenters. The smallest absolute Gasteiger partial charge is 0.161 e. The fourth-order valence-electron chi connectivity index (χ4n) is 2.41. The Bertz CT molecular complexity index is 769. The standard InChI is InChI=1S/C16H18N4/c1-10-5-7-13(8-6-10)15-12(3)16-18-11(2)9-14(17-4)20(16)19-15/h5-9,17H,1-4H3. The van der Waals surface area contributed by atoms with Gasteiger partial charge in [-0.25, -0.2) is 4.98 Å². The van der Waals surface area contributed by atoms with E-state index in [2.05, 4.69) is 48.4 Å². The summed E-state index contributed by atoms with van der Waals surface area (Å²) in [6.07, 6.45) is 0. The Morgan fingerprint density at radius 2 is 1.75 bits per heavy atom. The van der Waals surface area contributed by atoms with Gasteiger partial charge in [0.05, 0.1) is 5.69 Å². The van der Waals surface area contributed by atoms with Crippen LogP contribution in [0.15, 0.2) is 30.3 Å². The zero-order chi connectivity index (χ0) is 14.3. The quantitative estimate of drug-likeness (QED) is 0.773. The maximum Gasteiger partial charge on any atom is 0.161 e. The van der Waals surface area contributed by atoms with Crippen molar-refractivity contribution in [2.45, 2.75) is 20.8 Å². The molecule has 0 spiro atoms. The highest BCUT2D eigenvalue weighted by Crippen LogP contribution is 2.26. The van der Waals surface area contributed by atoms with E-state index in [1.165, 1.54) is 5.56 Å². The largest absolute Gasteiger partial charge is 0.373 e. The number of nitrogens with zero attached hydrogens (tertiary/aromatic N) is 3. The van der Waals surface area contributed by atoms with Crippen molar-refractivity contribution < 1.29 is 0 Å². The van der Waals surface area contributed by atoms with E-state index in [0.29, 0.717) is 0 Å². The van der Waals surface area contributed by atoms with Crippen LogP contribution in [0.2, 0.25) is 0 Å². The molecule has 20 heavy (non-hydrogen) atoms. The van der Waals surface area contributed by atoms with E-state index in [4.69, 9.17) is 5.10 Å². The van der Waals surface area contributed by atoms with Crippen molar-refractivity contribution in [3.63, 3.8) is 0 Å². The van der Waals surface area contributed by atoms with Crippen molar-refractivity contribution in [3.05, 3.63) is 47.2 Å². The third-order valence-corrected chi connectivity index (χ3v) is 3.53. The predicted molar refractivity (Wildman–Crippen MR) is 82.2 cm³/mol. The first-order valence-electron chi connectivity index (χ1n) is 6.72. The highest BCUT2D eigenvalue weighted by molar-refractivity contribution is 5.71. The maximum atomic E-state index is 4.72. The molecular formula is C16H18N4. The molecule has 3 rings (SSSR count). The molecule has 4 nitrogen and oxygen atoms in total. The molecule has 0 aliphatic carbocycles. The molecule has 0 bridgehead atoms. The number of anilines is 1. The highest BCUT2D eigenvalue weighted by Gasteiger charge is 2.14. The van der Waals surface area contributed by atoms with Gasteiger partial charge in [0.25, 0.3) is 0 Å². The van der Waals surface area contributed by atoms with Crippen LogP contribution in [-0.2, 0) is 0 Å². The van der Waals surface area contributed by atoms with Gasteiger partial charge in [0.2, 0.25) is 0 Å². The van der Waals surface area contributed by atoms with Crippen molar-refractivity contribution in [3.8, 4) is 11.3 Å². The first-order chi connectivity index (χ1) is 9.60. The van der Waals surface area contributed by atoms with Crippen molar-refractivity contribution >= 4 is 11.5 Å². The lowest BCUT2D eigenvalue weighted by Crippen LogP contribution is -2.02. The number of hydrogen-bond donors (Lipinski definition) is 1. The zero-order valence-corrected chi connectivity index (χ0v) is 12.2. The maximum absolute atomic E-state index is 4.72. The van der Waals surface area contributed by atoms with E-state index in [1.54, 1.807) is 0 Å². The van der Waals surface area contributed by atoms with E-state index >= 15 is 0 Å². The van der Waals surface area contributed by atoms with Gasteiger partial charge in [0, 0.05) is 29.9 Å². The zero-order valence-electron chi connectivity index (χ0n) is 12.2. The minimum absolute atomic E-state index is 0.907. The summed E-state index contributed by atoms with van der Waals surface area (Å²) in [5, 5.41) is 7.89. The molecule has 4 heteroatoms. The number of benzene rings is 1. The summed E-state index contributed by atoms with van der Waals surface area (Å²) in [5.74, 6) is 0.953. The van der Waals surface area contributed by atoms with E-state index < -0.39 is 0 Å². The van der Waals surface area contributed by atoms with Gasteiger partial charge in [0.15, 0.2) is 5.65 Å².